The zero-order valence-electron chi connectivity index (χ0n) is 14.1. The normalized spacial score (nSPS) is 23.7. The van der Waals surface area contributed by atoms with Crippen LogP contribution < -0.4 is 16.4 Å². The molecule has 1 fully saturated rings. The highest BCUT2D eigenvalue weighted by Crippen LogP contribution is 2.26. The number of ether oxygens (including phenoxy) is 1. The first-order valence-corrected chi connectivity index (χ1v) is 8.24. The lowest BCUT2D eigenvalue weighted by molar-refractivity contribution is -0.127. The van der Waals surface area contributed by atoms with E-state index in [4.69, 9.17) is 15.0 Å². The largest absolute Gasteiger partial charge is 0.377 e. The van der Waals surface area contributed by atoms with Gasteiger partial charge in [0.2, 0.25) is 11.8 Å². The fraction of sp³-hybridized carbons (Fsp3) is 0.733. The van der Waals surface area contributed by atoms with Gasteiger partial charge in [0.1, 0.15) is 0 Å². The van der Waals surface area contributed by atoms with Crippen LogP contribution in [0.25, 0.3) is 0 Å². The smallest absolute Gasteiger partial charge is 0.292 e. The number of hydrogen-bond donors (Lipinski definition) is 3. The number of nitrogens with one attached hydrogen (secondary N) is 2. The van der Waals surface area contributed by atoms with E-state index >= 15 is 0 Å². The molecule has 0 spiro atoms. The van der Waals surface area contributed by atoms with Gasteiger partial charge in [-0.05, 0) is 25.7 Å². The van der Waals surface area contributed by atoms with Gasteiger partial charge in [-0.15, -0.1) is 0 Å². The van der Waals surface area contributed by atoms with Crippen molar-refractivity contribution in [3.8, 4) is 0 Å². The Morgan fingerprint density at radius 3 is 2.88 bits per heavy atom. The molecule has 1 saturated carbocycles. The van der Waals surface area contributed by atoms with Gasteiger partial charge < -0.3 is 25.6 Å². The van der Waals surface area contributed by atoms with Crippen molar-refractivity contribution in [3.05, 3.63) is 11.7 Å². The molecular formula is C15H25N5O4. The highest BCUT2D eigenvalue weighted by atomic mass is 16.5. The van der Waals surface area contributed by atoms with Gasteiger partial charge in [-0.25, -0.2) is 0 Å². The number of hydrogen-bond acceptors (Lipinski definition) is 7. The first-order chi connectivity index (χ1) is 11.5. The third kappa shape index (κ3) is 4.75. The maximum atomic E-state index is 12.3. The molecule has 1 heterocycles. The maximum absolute atomic E-state index is 12.3. The fourth-order valence-corrected chi connectivity index (χ4v) is 2.73. The van der Waals surface area contributed by atoms with Crippen LogP contribution in [-0.4, -0.2) is 47.8 Å². The van der Waals surface area contributed by atoms with Crippen LogP contribution in [0.15, 0.2) is 4.52 Å². The van der Waals surface area contributed by atoms with Gasteiger partial charge in [0.05, 0.1) is 12.6 Å². The number of amides is 2. The van der Waals surface area contributed by atoms with Crippen molar-refractivity contribution in [3.63, 3.8) is 0 Å². The Bertz CT molecular complexity index is 562. The number of aromatic nitrogens is 2. The van der Waals surface area contributed by atoms with E-state index in [0.29, 0.717) is 13.0 Å². The Morgan fingerprint density at radius 2 is 2.21 bits per heavy atom. The monoisotopic (exact) mass is 339 g/mol. The molecular weight excluding hydrogens is 314 g/mol. The van der Waals surface area contributed by atoms with E-state index in [1.165, 1.54) is 7.05 Å². The van der Waals surface area contributed by atoms with Gasteiger partial charge in [0.25, 0.3) is 11.7 Å². The summed E-state index contributed by atoms with van der Waals surface area (Å²) in [6.07, 6.45) is 3.09. The van der Waals surface area contributed by atoms with E-state index in [0.717, 1.165) is 19.3 Å². The average Bonchev–Trinajstić information content (AvgIpc) is 3.06. The van der Waals surface area contributed by atoms with Crippen molar-refractivity contribution < 1.29 is 18.8 Å². The minimum Gasteiger partial charge on any atom is -0.377 e. The molecule has 0 aromatic carbocycles. The minimum atomic E-state index is -0.437. The Balaban J connectivity index is 1.79. The van der Waals surface area contributed by atoms with Crippen LogP contribution in [0.2, 0.25) is 0 Å². The fourth-order valence-electron chi connectivity index (χ4n) is 2.73. The molecule has 4 N–H and O–H groups in total. The first-order valence-electron chi connectivity index (χ1n) is 8.24. The van der Waals surface area contributed by atoms with Gasteiger partial charge in [-0.2, -0.15) is 4.98 Å². The Hall–Kier alpha value is -2.00. The predicted molar refractivity (Wildman–Crippen MR) is 84.9 cm³/mol. The summed E-state index contributed by atoms with van der Waals surface area (Å²) < 4.78 is 10.6. The van der Waals surface area contributed by atoms with Crippen molar-refractivity contribution in [2.45, 2.75) is 51.3 Å². The topological polar surface area (TPSA) is 132 Å². The maximum Gasteiger partial charge on any atom is 0.292 e. The predicted octanol–water partition coefficient (Wildman–Crippen LogP) is -0.0320. The number of carbonyl (C=O) groups is 2. The highest BCUT2D eigenvalue weighted by Gasteiger charge is 2.32. The number of carbonyl (C=O) groups excluding carboxylic acids is 2. The standard InChI is InChI=1S/C15H25N5O4/c1-3-6-23-11-5-4-9(7-10(11)16)14(21)18-8-12-19-13(20-24-12)15(22)17-2/h9-11H,3-8,16H2,1-2H3,(H,17,22)(H,18,21)/t9-,10+,11+/m0/s1. The second-order valence-corrected chi connectivity index (χ2v) is 5.89. The summed E-state index contributed by atoms with van der Waals surface area (Å²) in [6.45, 7) is 2.84. The van der Waals surface area contributed by atoms with Crippen molar-refractivity contribution >= 4 is 11.8 Å². The minimum absolute atomic E-state index is 0.0278. The summed E-state index contributed by atoms with van der Waals surface area (Å²) in [5, 5.41) is 8.69. The summed E-state index contributed by atoms with van der Waals surface area (Å²) in [7, 11) is 1.48. The summed E-state index contributed by atoms with van der Waals surface area (Å²) in [4.78, 5) is 27.5. The van der Waals surface area contributed by atoms with Crippen LogP contribution in [0.1, 0.15) is 49.1 Å². The van der Waals surface area contributed by atoms with Crippen LogP contribution in [0.5, 0.6) is 0 Å². The van der Waals surface area contributed by atoms with Crippen LogP contribution in [-0.2, 0) is 16.1 Å². The lowest BCUT2D eigenvalue weighted by Gasteiger charge is -2.33. The van der Waals surface area contributed by atoms with Crippen LogP contribution in [0, 0.1) is 5.92 Å². The third-order valence-electron chi connectivity index (χ3n) is 4.05. The van der Waals surface area contributed by atoms with E-state index in [1.807, 2.05) is 0 Å². The van der Waals surface area contributed by atoms with E-state index in [2.05, 4.69) is 27.7 Å². The van der Waals surface area contributed by atoms with Crippen LogP contribution >= 0.6 is 0 Å². The molecule has 2 rings (SSSR count). The molecule has 9 heteroatoms. The molecule has 0 bridgehead atoms. The van der Waals surface area contributed by atoms with E-state index in [-0.39, 0.29) is 42.2 Å². The molecule has 9 nitrogen and oxygen atoms in total. The molecule has 3 atom stereocenters. The van der Waals surface area contributed by atoms with Crippen molar-refractivity contribution in [1.29, 1.82) is 0 Å². The molecule has 0 aliphatic heterocycles. The molecule has 1 aromatic rings. The summed E-state index contributed by atoms with van der Waals surface area (Å²) >= 11 is 0. The zero-order valence-corrected chi connectivity index (χ0v) is 14.1. The molecule has 2 amide bonds. The average molecular weight is 339 g/mol. The van der Waals surface area contributed by atoms with Crippen molar-refractivity contribution in [2.24, 2.45) is 11.7 Å². The lowest BCUT2D eigenvalue weighted by Crippen LogP contribution is -2.46. The summed E-state index contributed by atoms with van der Waals surface area (Å²) in [6, 6.07) is -0.135. The molecule has 1 aliphatic rings. The van der Waals surface area contributed by atoms with E-state index < -0.39 is 5.91 Å². The van der Waals surface area contributed by atoms with Crippen molar-refractivity contribution in [1.82, 2.24) is 20.8 Å². The Kier molecular flexibility index (Phi) is 6.68. The number of rotatable bonds is 7. The molecule has 0 radical (unpaired) electrons. The molecule has 24 heavy (non-hydrogen) atoms. The number of nitrogens with zero attached hydrogens (tertiary/aromatic N) is 2. The van der Waals surface area contributed by atoms with Crippen LogP contribution in [0.4, 0.5) is 0 Å². The zero-order chi connectivity index (χ0) is 17.5. The quantitative estimate of drug-likeness (QED) is 0.635. The van der Waals surface area contributed by atoms with E-state index in [1.54, 1.807) is 0 Å². The molecule has 1 aromatic heterocycles. The highest BCUT2D eigenvalue weighted by molar-refractivity contribution is 5.89. The van der Waals surface area contributed by atoms with Gasteiger partial charge in [0, 0.05) is 25.6 Å². The molecule has 0 saturated heterocycles. The second kappa shape index (κ2) is 8.74. The lowest BCUT2D eigenvalue weighted by atomic mass is 9.83. The second-order valence-electron chi connectivity index (χ2n) is 5.89. The van der Waals surface area contributed by atoms with Gasteiger partial charge in [-0.1, -0.05) is 12.1 Å². The van der Waals surface area contributed by atoms with Crippen LogP contribution in [0.3, 0.4) is 0 Å². The third-order valence-corrected chi connectivity index (χ3v) is 4.05. The number of nitrogens with two attached hydrogens (primary N) is 1. The summed E-state index contributed by atoms with van der Waals surface area (Å²) in [5.74, 6) is -0.557. The molecule has 1 aliphatic carbocycles. The van der Waals surface area contributed by atoms with Crippen molar-refractivity contribution in [2.75, 3.05) is 13.7 Å². The Labute approximate surface area is 140 Å². The summed E-state index contributed by atoms with van der Waals surface area (Å²) in [5.41, 5.74) is 6.12. The molecule has 134 valence electrons. The SMILES string of the molecule is CCCO[C@@H]1CC[C@H](C(=O)NCc2nc(C(=O)NC)no2)C[C@H]1N. The Morgan fingerprint density at radius 1 is 1.42 bits per heavy atom. The van der Waals surface area contributed by atoms with Gasteiger partial charge in [0.15, 0.2) is 0 Å². The first kappa shape index (κ1) is 18.3. The van der Waals surface area contributed by atoms with Gasteiger partial charge >= 0.3 is 0 Å². The molecule has 0 unspecified atom stereocenters. The van der Waals surface area contributed by atoms with E-state index in [9.17, 15) is 9.59 Å². The van der Waals surface area contributed by atoms with Gasteiger partial charge in [-0.3, -0.25) is 9.59 Å².